The van der Waals surface area contributed by atoms with Gasteiger partial charge in [-0.15, -0.1) is 0 Å². The van der Waals surface area contributed by atoms with Gasteiger partial charge in [-0.05, 0) is 72.3 Å². The number of benzene rings is 3. The number of phenolic OH excluding ortho intramolecular Hbond substituents is 1. The van der Waals surface area contributed by atoms with Crippen molar-refractivity contribution in [3.05, 3.63) is 94.5 Å². The highest BCUT2D eigenvalue weighted by molar-refractivity contribution is 6.30. The van der Waals surface area contributed by atoms with Crippen molar-refractivity contribution in [3.8, 4) is 11.5 Å². The number of hydrazone groups is 1. The lowest BCUT2D eigenvalue weighted by molar-refractivity contribution is 0.0734. The van der Waals surface area contributed by atoms with Crippen LogP contribution in [0.25, 0.3) is 0 Å². The molecular weight excluding hydrogens is 380 g/mol. The van der Waals surface area contributed by atoms with E-state index >= 15 is 0 Å². The minimum absolute atomic E-state index is 0.0798. The number of amides is 1. The standard InChI is InChI=1S/C21H15ClN2O4/c22-17-3-1-2-16(12-17)21(27)28-19-10-4-14(5-11-19)13-23-24-20(26)15-6-8-18(25)9-7-15/h1-13,25H,(H,24,26)/b23-13+. The van der Waals surface area contributed by atoms with Crippen LogP contribution in [0.15, 0.2) is 77.9 Å². The number of nitrogens with zero attached hydrogens (tertiary/aromatic N) is 1. The summed E-state index contributed by atoms with van der Waals surface area (Å²) in [5.74, 6) is -0.458. The number of phenols is 1. The number of carbonyl (C=O) groups is 2. The fraction of sp³-hybridized carbons (Fsp3) is 0. The Morgan fingerprint density at radius 2 is 1.68 bits per heavy atom. The van der Waals surface area contributed by atoms with Crippen LogP contribution in [-0.4, -0.2) is 23.2 Å². The zero-order valence-electron chi connectivity index (χ0n) is 14.5. The molecule has 0 spiro atoms. The van der Waals surface area contributed by atoms with E-state index in [9.17, 15) is 14.7 Å². The van der Waals surface area contributed by atoms with Gasteiger partial charge in [-0.2, -0.15) is 5.10 Å². The van der Waals surface area contributed by atoms with E-state index in [2.05, 4.69) is 10.5 Å². The monoisotopic (exact) mass is 394 g/mol. The van der Waals surface area contributed by atoms with E-state index in [-0.39, 0.29) is 5.75 Å². The minimum atomic E-state index is -0.509. The van der Waals surface area contributed by atoms with E-state index < -0.39 is 11.9 Å². The molecule has 140 valence electrons. The Kier molecular flexibility index (Phi) is 6.04. The number of esters is 1. The van der Waals surface area contributed by atoms with E-state index in [1.54, 1.807) is 42.5 Å². The van der Waals surface area contributed by atoms with E-state index in [0.29, 0.717) is 27.5 Å². The Morgan fingerprint density at radius 1 is 0.964 bits per heavy atom. The fourth-order valence-electron chi connectivity index (χ4n) is 2.25. The van der Waals surface area contributed by atoms with Crippen LogP contribution in [0, 0.1) is 0 Å². The predicted octanol–water partition coefficient (Wildman–Crippen LogP) is 4.03. The van der Waals surface area contributed by atoms with Crippen LogP contribution in [0.4, 0.5) is 0 Å². The smallest absolute Gasteiger partial charge is 0.343 e. The first-order chi connectivity index (χ1) is 13.5. The number of carbonyl (C=O) groups excluding carboxylic acids is 2. The Morgan fingerprint density at radius 3 is 2.36 bits per heavy atom. The van der Waals surface area contributed by atoms with Crippen LogP contribution in [0.5, 0.6) is 11.5 Å². The Hall–Kier alpha value is -3.64. The van der Waals surface area contributed by atoms with E-state index in [1.165, 1.54) is 36.5 Å². The first kappa shape index (κ1) is 19.1. The zero-order chi connectivity index (χ0) is 19.9. The normalized spacial score (nSPS) is 10.6. The number of ether oxygens (including phenoxy) is 1. The van der Waals surface area contributed by atoms with Crippen molar-refractivity contribution < 1.29 is 19.4 Å². The van der Waals surface area contributed by atoms with E-state index in [1.807, 2.05) is 0 Å². The molecular formula is C21H15ClN2O4. The minimum Gasteiger partial charge on any atom is -0.508 e. The topological polar surface area (TPSA) is 88.0 Å². The maximum Gasteiger partial charge on any atom is 0.343 e. The number of hydrogen-bond acceptors (Lipinski definition) is 5. The van der Waals surface area contributed by atoms with E-state index in [4.69, 9.17) is 16.3 Å². The molecule has 0 radical (unpaired) electrons. The van der Waals surface area contributed by atoms with Gasteiger partial charge >= 0.3 is 5.97 Å². The van der Waals surface area contributed by atoms with Gasteiger partial charge in [0.1, 0.15) is 11.5 Å². The van der Waals surface area contributed by atoms with Crippen molar-refractivity contribution >= 4 is 29.7 Å². The molecule has 3 aromatic rings. The van der Waals surface area contributed by atoms with Gasteiger partial charge in [0, 0.05) is 10.6 Å². The highest BCUT2D eigenvalue weighted by Gasteiger charge is 2.09. The summed E-state index contributed by atoms with van der Waals surface area (Å²) in [4.78, 5) is 24.0. The molecule has 0 heterocycles. The van der Waals surface area contributed by atoms with Crippen molar-refractivity contribution in [1.29, 1.82) is 0 Å². The van der Waals surface area contributed by atoms with Gasteiger partial charge in [0.15, 0.2) is 0 Å². The molecule has 0 aliphatic heterocycles. The third kappa shape index (κ3) is 5.18. The van der Waals surface area contributed by atoms with Crippen LogP contribution in [0.1, 0.15) is 26.3 Å². The fourth-order valence-corrected chi connectivity index (χ4v) is 2.44. The maximum absolute atomic E-state index is 12.1. The Bertz CT molecular complexity index is 1020. The van der Waals surface area contributed by atoms with Gasteiger partial charge in [0.2, 0.25) is 0 Å². The van der Waals surface area contributed by atoms with Gasteiger partial charge in [-0.1, -0.05) is 17.7 Å². The summed E-state index contributed by atoms with van der Waals surface area (Å²) in [6, 6.07) is 18.9. The van der Waals surface area contributed by atoms with Gasteiger partial charge in [0.05, 0.1) is 11.8 Å². The molecule has 6 nitrogen and oxygen atoms in total. The first-order valence-electron chi connectivity index (χ1n) is 8.21. The van der Waals surface area contributed by atoms with Crippen LogP contribution in [0.3, 0.4) is 0 Å². The molecule has 1 amide bonds. The zero-order valence-corrected chi connectivity index (χ0v) is 15.3. The number of rotatable bonds is 5. The maximum atomic E-state index is 12.1. The molecule has 0 aromatic heterocycles. The summed E-state index contributed by atoms with van der Waals surface area (Å²) in [7, 11) is 0. The van der Waals surface area contributed by atoms with Crippen molar-refractivity contribution in [3.63, 3.8) is 0 Å². The quantitative estimate of drug-likeness (QED) is 0.296. The molecule has 0 aliphatic carbocycles. The molecule has 7 heteroatoms. The number of halogens is 1. The number of aromatic hydroxyl groups is 1. The molecule has 0 atom stereocenters. The van der Waals surface area contributed by atoms with Crippen LogP contribution < -0.4 is 10.2 Å². The number of nitrogens with one attached hydrogen (secondary N) is 1. The third-order valence-corrected chi connectivity index (χ3v) is 3.90. The van der Waals surface area contributed by atoms with Crippen molar-refractivity contribution in [2.45, 2.75) is 0 Å². The summed E-state index contributed by atoms with van der Waals surface area (Å²) in [5.41, 5.74) is 3.82. The summed E-state index contributed by atoms with van der Waals surface area (Å²) >= 11 is 5.87. The van der Waals surface area contributed by atoms with E-state index in [0.717, 1.165) is 0 Å². The Balaban J connectivity index is 1.56. The second kappa shape index (κ2) is 8.83. The second-order valence-corrected chi connectivity index (χ2v) is 6.15. The summed E-state index contributed by atoms with van der Waals surface area (Å²) in [5, 5.41) is 13.6. The molecule has 0 unspecified atom stereocenters. The predicted molar refractivity (Wildman–Crippen MR) is 106 cm³/mol. The molecule has 0 bridgehead atoms. The highest BCUT2D eigenvalue weighted by atomic mass is 35.5. The molecule has 0 saturated heterocycles. The molecule has 0 fully saturated rings. The molecule has 2 N–H and O–H groups in total. The lowest BCUT2D eigenvalue weighted by Crippen LogP contribution is -2.17. The summed E-state index contributed by atoms with van der Waals surface area (Å²) in [6.45, 7) is 0. The summed E-state index contributed by atoms with van der Waals surface area (Å²) in [6.07, 6.45) is 1.46. The van der Waals surface area contributed by atoms with Crippen molar-refractivity contribution in [1.82, 2.24) is 5.43 Å². The second-order valence-electron chi connectivity index (χ2n) is 5.71. The van der Waals surface area contributed by atoms with Crippen LogP contribution >= 0.6 is 11.6 Å². The molecule has 28 heavy (non-hydrogen) atoms. The van der Waals surface area contributed by atoms with Crippen LogP contribution in [-0.2, 0) is 0 Å². The number of hydrogen-bond donors (Lipinski definition) is 2. The van der Waals surface area contributed by atoms with Gasteiger partial charge in [0.25, 0.3) is 5.91 Å². The van der Waals surface area contributed by atoms with Gasteiger partial charge < -0.3 is 9.84 Å². The average molecular weight is 395 g/mol. The first-order valence-corrected chi connectivity index (χ1v) is 8.59. The SMILES string of the molecule is O=C(N/N=C/c1ccc(OC(=O)c2cccc(Cl)c2)cc1)c1ccc(O)cc1. The third-order valence-electron chi connectivity index (χ3n) is 3.66. The molecule has 3 rings (SSSR count). The van der Waals surface area contributed by atoms with Crippen molar-refractivity contribution in [2.24, 2.45) is 5.10 Å². The highest BCUT2D eigenvalue weighted by Crippen LogP contribution is 2.16. The average Bonchev–Trinajstić information content (AvgIpc) is 2.69. The summed E-state index contributed by atoms with van der Waals surface area (Å²) < 4.78 is 5.29. The Labute approximate surface area is 166 Å². The van der Waals surface area contributed by atoms with Crippen molar-refractivity contribution in [2.75, 3.05) is 0 Å². The largest absolute Gasteiger partial charge is 0.508 e. The lowest BCUT2D eigenvalue weighted by Gasteiger charge is -2.05. The van der Waals surface area contributed by atoms with Gasteiger partial charge in [-0.25, -0.2) is 10.2 Å². The van der Waals surface area contributed by atoms with Gasteiger partial charge in [-0.3, -0.25) is 4.79 Å². The van der Waals surface area contributed by atoms with Crippen LogP contribution in [0.2, 0.25) is 5.02 Å². The molecule has 3 aromatic carbocycles. The lowest BCUT2D eigenvalue weighted by atomic mass is 10.2. The molecule has 0 aliphatic rings. The molecule has 0 saturated carbocycles.